The minimum atomic E-state index is -4.70. The number of aliphatic hydroxyl groups is 1. The minimum Gasteiger partial charge on any atom is -0.493 e. The molecular formula is C65H76FN9O10S. The summed E-state index contributed by atoms with van der Waals surface area (Å²) in [6.07, 6.45) is 7.97. The van der Waals surface area contributed by atoms with Crippen LogP contribution in [0.2, 0.25) is 0 Å². The van der Waals surface area contributed by atoms with E-state index in [1.165, 1.54) is 35.0 Å². The van der Waals surface area contributed by atoms with Crippen LogP contribution >= 0.6 is 0 Å². The number of anilines is 4. The highest BCUT2D eigenvalue weighted by atomic mass is 32.2. The summed E-state index contributed by atoms with van der Waals surface area (Å²) >= 11 is 0. The second kappa shape index (κ2) is 22.8. The molecular weight excluding hydrogens is 1120 g/mol. The lowest BCUT2D eigenvalue weighted by atomic mass is 9.59. The Labute approximate surface area is 500 Å². The van der Waals surface area contributed by atoms with E-state index in [0.717, 1.165) is 112 Å². The summed E-state index contributed by atoms with van der Waals surface area (Å²) in [5.41, 5.74) is 5.78. The third-order valence-corrected chi connectivity index (χ3v) is 20.8. The summed E-state index contributed by atoms with van der Waals surface area (Å²) in [5.74, 6) is 0.875. The van der Waals surface area contributed by atoms with Gasteiger partial charge in [0.25, 0.3) is 21.6 Å². The molecule has 7 heterocycles. The highest BCUT2D eigenvalue weighted by Gasteiger charge is 2.51. The molecule has 7 aromatic rings. The van der Waals surface area contributed by atoms with Gasteiger partial charge in [-0.15, -0.1) is 0 Å². The number of aryl methyl sites for hydroxylation is 1. The maximum atomic E-state index is 15.5. The number of aromatic nitrogens is 2. The van der Waals surface area contributed by atoms with Gasteiger partial charge >= 0.3 is 0 Å². The number of ether oxygens (including phenoxy) is 3. The van der Waals surface area contributed by atoms with Crippen LogP contribution in [0.1, 0.15) is 123 Å². The van der Waals surface area contributed by atoms with E-state index < -0.39 is 55.0 Å². The summed E-state index contributed by atoms with van der Waals surface area (Å²) in [6, 6.07) is 26.2. The Hall–Kier alpha value is -7.30. The van der Waals surface area contributed by atoms with E-state index in [1.807, 2.05) is 30.9 Å². The molecule has 3 saturated heterocycles. The molecule has 86 heavy (non-hydrogen) atoms. The Morgan fingerprint density at radius 2 is 1.77 bits per heavy atom. The number of nitro groups is 1. The number of aromatic amines is 1. The zero-order valence-corrected chi connectivity index (χ0v) is 50.3. The van der Waals surface area contributed by atoms with Crippen molar-refractivity contribution in [3.8, 4) is 11.6 Å². The number of benzene rings is 4. The molecule has 3 atom stereocenters. The average Bonchev–Trinajstić information content (AvgIpc) is 1.01. The molecule has 0 radical (unpaired) electrons. The van der Waals surface area contributed by atoms with Gasteiger partial charge in [0.15, 0.2) is 11.3 Å². The smallest absolute Gasteiger partial charge is 0.293 e. The Morgan fingerprint density at radius 3 is 2.53 bits per heavy atom. The number of carbonyl (C=O) groups excluding carboxylic acids is 1. The highest BCUT2D eigenvalue weighted by molar-refractivity contribution is 7.90. The van der Waals surface area contributed by atoms with E-state index in [2.05, 4.69) is 86.0 Å². The first-order chi connectivity index (χ1) is 41.3. The number of piperazine rings is 1. The standard InChI is InChI=1S/C65H76FN9O10S/c1-39(2)47-8-6-7-9-48(47)57-37-71(36-42-27-43-26-40(3)84-60(43)58(28-42)82-5)23-24-73(57)45-32-65(33-45)19-21-72(22-20-65)44-10-12-49(54(29-44)74-53-16-25-83-38-59(53)85-63-56(74)31-50-51(66)35-68-61(50)69-63)62(76)70-86(80,81)46-11-13-52(55(30-46)75(78)79)67-34-41-14-17-64(4,77)18-15-41/h6-13,26-31,35,39,41,45,53,57,59,67,77H,14-25,32-34,36-38H2,1-5H3,(H,68,69)(H,70,76)/t41-,53-,57-,59-,64-/m0/s1. The molecule has 2 aliphatic carbocycles. The number of amides is 1. The molecule has 0 bridgehead atoms. The van der Waals surface area contributed by atoms with E-state index in [0.29, 0.717) is 55.7 Å². The van der Waals surface area contributed by atoms with Crippen LogP contribution in [0, 0.1) is 34.2 Å². The van der Waals surface area contributed by atoms with Crippen molar-refractivity contribution in [2.75, 3.05) is 74.7 Å². The van der Waals surface area contributed by atoms with Crippen molar-refractivity contribution in [2.45, 2.75) is 133 Å². The highest BCUT2D eigenvalue weighted by Crippen LogP contribution is 2.54. The lowest BCUT2D eigenvalue weighted by Crippen LogP contribution is -2.60. The zero-order valence-electron chi connectivity index (χ0n) is 49.4. The maximum Gasteiger partial charge on any atom is 0.293 e. The average molecular weight is 1190 g/mol. The van der Waals surface area contributed by atoms with Crippen molar-refractivity contribution >= 4 is 66.4 Å². The lowest BCUT2D eigenvalue weighted by molar-refractivity contribution is -0.384. The molecule has 4 aromatic carbocycles. The van der Waals surface area contributed by atoms with Gasteiger partial charge in [-0.25, -0.2) is 17.5 Å². The molecule has 21 heteroatoms. The number of H-pyrrole nitrogens is 1. The molecule has 454 valence electrons. The van der Waals surface area contributed by atoms with Crippen LogP contribution in [0.3, 0.4) is 0 Å². The van der Waals surface area contributed by atoms with Crippen LogP contribution in [0.25, 0.3) is 22.0 Å². The number of pyridine rings is 1. The summed E-state index contributed by atoms with van der Waals surface area (Å²) in [6.45, 7) is 14.4. The van der Waals surface area contributed by atoms with Crippen LogP contribution in [0.4, 0.5) is 32.8 Å². The number of methoxy groups -OCH3 is 1. The summed E-state index contributed by atoms with van der Waals surface area (Å²) in [5, 5.41) is 27.3. The molecule has 6 aliphatic rings. The molecule has 1 amide bonds. The van der Waals surface area contributed by atoms with Crippen LogP contribution in [-0.4, -0.2) is 128 Å². The van der Waals surface area contributed by atoms with Gasteiger partial charge in [0, 0.05) is 87.8 Å². The second-order valence-corrected chi connectivity index (χ2v) is 27.3. The summed E-state index contributed by atoms with van der Waals surface area (Å²) in [4.78, 5) is 43.5. The Balaban J connectivity index is 0.760. The number of piperidine rings is 1. The number of sulfonamides is 1. The fourth-order valence-electron chi connectivity index (χ4n) is 14.7. The summed E-state index contributed by atoms with van der Waals surface area (Å²) < 4.78 is 70.5. The molecule has 0 unspecified atom stereocenters. The fourth-order valence-corrected chi connectivity index (χ4v) is 15.7. The number of rotatable bonds is 15. The van der Waals surface area contributed by atoms with E-state index >= 15 is 4.39 Å². The molecule has 3 aromatic heterocycles. The predicted octanol–water partition coefficient (Wildman–Crippen LogP) is 11.3. The molecule has 5 fully saturated rings. The van der Waals surface area contributed by atoms with Crippen molar-refractivity contribution in [2.24, 2.45) is 11.3 Å². The number of halogens is 1. The fraction of sp³-hybridized carbons (Fsp3) is 0.477. The van der Waals surface area contributed by atoms with Crippen molar-refractivity contribution in [1.29, 1.82) is 0 Å². The number of hydrogen-bond donors (Lipinski definition) is 4. The van der Waals surface area contributed by atoms with Crippen LogP contribution in [-0.2, 0) is 21.3 Å². The van der Waals surface area contributed by atoms with Gasteiger partial charge in [-0.05, 0) is 160 Å². The van der Waals surface area contributed by atoms with Crippen LogP contribution in [0.15, 0.2) is 100 Å². The van der Waals surface area contributed by atoms with Crippen molar-refractivity contribution < 1.29 is 46.3 Å². The van der Waals surface area contributed by atoms with Gasteiger partial charge in [-0.2, -0.15) is 4.98 Å². The van der Waals surface area contributed by atoms with Crippen molar-refractivity contribution in [1.82, 2.24) is 24.5 Å². The zero-order chi connectivity index (χ0) is 59.8. The third-order valence-electron chi connectivity index (χ3n) is 19.5. The molecule has 13 rings (SSSR count). The van der Waals surface area contributed by atoms with Crippen LogP contribution in [0.5, 0.6) is 11.6 Å². The van der Waals surface area contributed by atoms with Gasteiger partial charge in [-0.1, -0.05) is 38.1 Å². The van der Waals surface area contributed by atoms with Gasteiger partial charge in [0.2, 0.25) is 5.88 Å². The SMILES string of the molecule is COc1cc(CN2CCN(C3CC4(CCN(c5ccc(C(=O)NS(=O)(=O)c6ccc(NC[C@H]7CC[C@](C)(O)CC7)c([N+](=O)[O-])c6)c(N6c7cc8c(F)c[nH]c8nc7O[C@H]7COCC[C@@H]76)c5)CC4)C3)[C@H](c3ccccc3C(C)C)C2)cc2cc(C)oc12. The number of nitrogens with one attached hydrogen (secondary N) is 3. The Kier molecular flexibility index (Phi) is 15.3. The van der Waals surface area contributed by atoms with Gasteiger partial charge in [0.05, 0.1) is 51.8 Å². The number of hydrogen-bond acceptors (Lipinski definition) is 16. The number of nitro benzene ring substituents is 1. The van der Waals surface area contributed by atoms with E-state index in [1.54, 1.807) is 19.2 Å². The Morgan fingerprint density at radius 1 is 0.977 bits per heavy atom. The third kappa shape index (κ3) is 11.1. The number of furan rings is 1. The summed E-state index contributed by atoms with van der Waals surface area (Å²) in [7, 11) is -3.01. The van der Waals surface area contributed by atoms with Gasteiger partial charge in [0.1, 0.15) is 34.7 Å². The largest absolute Gasteiger partial charge is 0.493 e. The molecule has 1 spiro atoms. The lowest BCUT2D eigenvalue weighted by Gasteiger charge is -2.58. The van der Waals surface area contributed by atoms with E-state index in [4.69, 9.17) is 23.6 Å². The quantitative estimate of drug-likeness (QED) is 0.0554. The predicted molar refractivity (Wildman–Crippen MR) is 327 cm³/mol. The number of carbonyl (C=O) groups is 1. The van der Waals surface area contributed by atoms with E-state index in [-0.39, 0.29) is 52.1 Å². The van der Waals surface area contributed by atoms with Gasteiger partial charge < -0.3 is 43.8 Å². The first-order valence-electron chi connectivity index (χ1n) is 30.4. The van der Waals surface area contributed by atoms with Crippen LogP contribution < -0.4 is 29.3 Å². The number of fused-ring (bicyclic) bond motifs is 4. The van der Waals surface area contributed by atoms with Crippen molar-refractivity contribution in [3.05, 3.63) is 135 Å². The molecule has 2 saturated carbocycles. The molecule has 4 aliphatic heterocycles. The normalized spacial score (nSPS) is 23.7. The van der Waals surface area contributed by atoms with E-state index in [9.17, 15) is 28.4 Å². The topological polar surface area (TPSA) is 221 Å². The molecule has 19 nitrogen and oxygen atoms in total. The Bertz CT molecular complexity index is 3840. The first kappa shape index (κ1) is 57.8. The maximum absolute atomic E-state index is 15.5. The minimum absolute atomic E-state index is 0.0159. The monoisotopic (exact) mass is 1190 g/mol. The van der Waals surface area contributed by atoms with Gasteiger partial charge in [-0.3, -0.25) is 24.7 Å². The molecule has 4 N–H and O–H groups in total. The number of nitrogens with zero attached hydrogens (tertiary/aromatic N) is 6. The first-order valence-corrected chi connectivity index (χ1v) is 31.9. The second-order valence-electron chi connectivity index (χ2n) is 25.6. The van der Waals surface area contributed by atoms with Crippen molar-refractivity contribution in [3.63, 3.8) is 0 Å².